The molecule has 132 valence electrons. The first kappa shape index (κ1) is 17.9. The summed E-state index contributed by atoms with van der Waals surface area (Å²) in [6, 6.07) is 6.01. The lowest BCUT2D eigenvalue weighted by Crippen LogP contribution is -2.26. The number of carbonyl (C=O) groups excluding carboxylic acids is 1. The minimum absolute atomic E-state index is 0.107. The molecule has 1 aliphatic rings. The first-order chi connectivity index (χ1) is 12.3. The summed E-state index contributed by atoms with van der Waals surface area (Å²) in [5.74, 6) is 0.960. The van der Waals surface area contributed by atoms with Gasteiger partial charge in [-0.3, -0.25) is 9.36 Å². The molecule has 0 aromatic carbocycles. The molecule has 0 unspecified atom stereocenters. The van der Waals surface area contributed by atoms with Crippen LogP contribution >= 0.6 is 23.1 Å². The molecule has 0 bridgehead atoms. The van der Waals surface area contributed by atoms with Gasteiger partial charge in [-0.25, -0.2) is 0 Å². The lowest BCUT2D eigenvalue weighted by molar-refractivity contribution is -0.118. The van der Waals surface area contributed by atoms with Gasteiger partial charge < -0.3 is 10.1 Å². The second kappa shape index (κ2) is 8.99. The molecule has 1 N–H and O–H groups in total. The molecule has 2 aromatic heterocycles. The third kappa shape index (κ3) is 4.81. The molecule has 3 rings (SSSR count). The average molecular weight is 377 g/mol. The minimum atomic E-state index is -0.107. The number of hydrogen-bond acceptors (Lipinski definition) is 7. The Balaban J connectivity index is 1.69. The highest BCUT2D eigenvalue weighted by Crippen LogP contribution is 2.28. The smallest absolute Gasteiger partial charge is 0.230 e. The number of carbonyl (C=O) groups is 1. The standard InChI is InChI=1S/C16H19N5O2S2/c17-6-3-7-18-14(22)11-25-16-20-19-15(13-5-2-9-24-13)21(16)10-12-4-1-8-23-12/h2,5,9,12H,1,3-4,7-8,10-11H2,(H,18,22)/t12-/m0/s1. The molecule has 9 heteroatoms. The molecule has 1 saturated heterocycles. The Morgan fingerprint density at radius 1 is 1.56 bits per heavy atom. The van der Waals surface area contributed by atoms with E-state index >= 15 is 0 Å². The van der Waals surface area contributed by atoms with Crippen LogP contribution in [0.4, 0.5) is 0 Å². The van der Waals surface area contributed by atoms with E-state index < -0.39 is 0 Å². The molecule has 7 nitrogen and oxygen atoms in total. The monoisotopic (exact) mass is 377 g/mol. The molecular weight excluding hydrogens is 358 g/mol. The SMILES string of the molecule is N#CCCNC(=O)CSc1nnc(-c2cccs2)n1C[C@@H]1CCCO1. The summed E-state index contributed by atoms with van der Waals surface area (Å²) in [4.78, 5) is 12.9. The maximum Gasteiger partial charge on any atom is 0.230 e. The van der Waals surface area contributed by atoms with Crippen LogP contribution in [0, 0.1) is 11.3 Å². The Morgan fingerprint density at radius 2 is 2.48 bits per heavy atom. The normalized spacial score (nSPS) is 16.7. The van der Waals surface area contributed by atoms with E-state index in [1.165, 1.54) is 11.8 Å². The van der Waals surface area contributed by atoms with Crippen molar-refractivity contribution in [2.75, 3.05) is 18.9 Å². The molecule has 1 atom stereocenters. The number of rotatable bonds is 8. The van der Waals surface area contributed by atoms with Crippen molar-refractivity contribution in [1.82, 2.24) is 20.1 Å². The Morgan fingerprint density at radius 3 is 3.20 bits per heavy atom. The van der Waals surface area contributed by atoms with Crippen molar-refractivity contribution in [1.29, 1.82) is 5.26 Å². The predicted octanol–water partition coefficient (Wildman–Crippen LogP) is 2.31. The van der Waals surface area contributed by atoms with Crippen LogP contribution < -0.4 is 5.32 Å². The largest absolute Gasteiger partial charge is 0.376 e. The summed E-state index contributed by atoms with van der Waals surface area (Å²) in [6.07, 6.45) is 2.58. The summed E-state index contributed by atoms with van der Waals surface area (Å²) in [5, 5.41) is 22.6. The summed E-state index contributed by atoms with van der Waals surface area (Å²) in [7, 11) is 0. The molecule has 3 heterocycles. The van der Waals surface area contributed by atoms with Crippen molar-refractivity contribution < 1.29 is 9.53 Å². The van der Waals surface area contributed by atoms with E-state index in [4.69, 9.17) is 10.00 Å². The van der Waals surface area contributed by atoms with Crippen LogP contribution in [0.25, 0.3) is 10.7 Å². The van der Waals surface area contributed by atoms with Gasteiger partial charge in [0.05, 0.1) is 35.8 Å². The Bertz CT molecular complexity index is 732. The maximum absolute atomic E-state index is 11.9. The van der Waals surface area contributed by atoms with Crippen molar-refractivity contribution in [3.05, 3.63) is 17.5 Å². The summed E-state index contributed by atoms with van der Waals surface area (Å²) in [5.41, 5.74) is 0. The lowest BCUT2D eigenvalue weighted by Gasteiger charge is -2.14. The van der Waals surface area contributed by atoms with E-state index in [-0.39, 0.29) is 17.8 Å². The summed E-state index contributed by atoms with van der Waals surface area (Å²) >= 11 is 2.97. The van der Waals surface area contributed by atoms with E-state index in [0.29, 0.717) is 24.7 Å². The number of nitrogens with one attached hydrogen (secondary N) is 1. The van der Waals surface area contributed by atoms with Crippen molar-refractivity contribution in [2.45, 2.75) is 37.1 Å². The van der Waals surface area contributed by atoms with Gasteiger partial charge >= 0.3 is 0 Å². The van der Waals surface area contributed by atoms with Gasteiger partial charge in [-0.1, -0.05) is 17.8 Å². The fourth-order valence-corrected chi connectivity index (χ4v) is 4.07. The fourth-order valence-electron chi connectivity index (χ4n) is 2.58. The van der Waals surface area contributed by atoms with Gasteiger partial charge in [0.15, 0.2) is 11.0 Å². The van der Waals surface area contributed by atoms with Crippen LogP contribution in [0.5, 0.6) is 0 Å². The molecule has 0 saturated carbocycles. The lowest BCUT2D eigenvalue weighted by atomic mass is 10.2. The maximum atomic E-state index is 11.9. The van der Waals surface area contributed by atoms with Gasteiger partial charge in [-0.05, 0) is 24.3 Å². The number of nitrogens with zero attached hydrogens (tertiary/aromatic N) is 4. The highest BCUT2D eigenvalue weighted by Gasteiger charge is 2.22. The quantitative estimate of drug-likeness (QED) is 0.560. The topological polar surface area (TPSA) is 92.8 Å². The fraction of sp³-hybridized carbons (Fsp3) is 0.500. The van der Waals surface area contributed by atoms with E-state index in [0.717, 1.165) is 30.2 Å². The Labute approximate surface area is 154 Å². The number of hydrogen-bond donors (Lipinski definition) is 1. The molecule has 0 spiro atoms. The second-order valence-electron chi connectivity index (χ2n) is 5.58. The molecule has 1 fully saturated rings. The van der Waals surface area contributed by atoms with Gasteiger partial charge in [-0.2, -0.15) is 5.26 Å². The zero-order valence-corrected chi connectivity index (χ0v) is 15.3. The Kier molecular flexibility index (Phi) is 6.44. The second-order valence-corrected chi connectivity index (χ2v) is 7.47. The van der Waals surface area contributed by atoms with Crippen molar-refractivity contribution in [3.63, 3.8) is 0 Å². The van der Waals surface area contributed by atoms with E-state index in [1.54, 1.807) is 11.3 Å². The molecule has 25 heavy (non-hydrogen) atoms. The molecule has 0 aliphatic carbocycles. The van der Waals surface area contributed by atoms with Crippen LogP contribution in [0.3, 0.4) is 0 Å². The van der Waals surface area contributed by atoms with Gasteiger partial charge in [0.1, 0.15) is 0 Å². The molecule has 1 aliphatic heterocycles. The first-order valence-corrected chi connectivity index (χ1v) is 9.99. The average Bonchev–Trinajstić information content (AvgIpc) is 3.36. The van der Waals surface area contributed by atoms with E-state index in [1.807, 2.05) is 23.6 Å². The van der Waals surface area contributed by atoms with Crippen LogP contribution in [0.1, 0.15) is 19.3 Å². The highest BCUT2D eigenvalue weighted by molar-refractivity contribution is 7.99. The number of thioether (sulfide) groups is 1. The summed E-state index contributed by atoms with van der Waals surface area (Å²) in [6.45, 7) is 1.86. The predicted molar refractivity (Wildman–Crippen MR) is 96.3 cm³/mol. The van der Waals surface area contributed by atoms with Gasteiger partial charge in [0, 0.05) is 13.2 Å². The molecular formula is C16H19N5O2S2. The molecule has 1 amide bonds. The minimum Gasteiger partial charge on any atom is -0.376 e. The van der Waals surface area contributed by atoms with Crippen LogP contribution in [0.15, 0.2) is 22.7 Å². The van der Waals surface area contributed by atoms with Crippen molar-refractivity contribution in [2.24, 2.45) is 0 Å². The third-order valence-corrected chi connectivity index (χ3v) is 5.59. The Hall–Kier alpha value is -1.89. The molecule has 2 aromatic rings. The first-order valence-electron chi connectivity index (χ1n) is 8.13. The zero-order chi connectivity index (χ0) is 17.5. The zero-order valence-electron chi connectivity index (χ0n) is 13.7. The van der Waals surface area contributed by atoms with Crippen molar-refractivity contribution >= 4 is 29.0 Å². The number of aromatic nitrogens is 3. The molecule has 0 radical (unpaired) electrons. The van der Waals surface area contributed by atoms with Gasteiger partial charge in [-0.15, -0.1) is 21.5 Å². The number of ether oxygens (including phenoxy) is 1. The van der Waals surface area contributed by atoms with Crippen molar-refractivity contribution in [3.8, 4) is 16.8 Å². The van der Waals surface area contributed by atoms with E-state index in [2.05, 4.69) is 20.1 Å². The van der Waals surface area contributed by atoms with E-state index in [9.17, 15) is 4.79 Å². The number of thiophene rings is 1. The van der Waals surface area contributed by atoms with Gasteiger partial charge in [0.25, 0.3) is 0 Å². The number of amides is 1. The van der Waals surface area contributed by atoms with Gasteiger partial charge in [0.2, 0.25) is 5.91 Å². The third-order valence-electron chi connectivity index (χ3n) is 3.76. The van der Waals surface area contributed by atoms with Crippen LogP contribution in [-0.4, -0.2) is 45.7 Å². The van der Waals surface area contributed by atoms with Crippen LogP contribution in [0.2, 0.25) is 0 Å². The number of nitriles is 1. The highest BCUT2D eigenvalue weighted by atomic mass is 32.2. The van der Waals surface area contributed by atoms with Crippen LogP contribution in [-0.2, 0) is 16.1 Å². The summed E-state index contributed by atoms with van der Waals surface area (Å²) < 4.78 is 7.80.